The first-order chi connectivity index (χ1) is 15.3. The fraction of sp³-hybridized carbons (Fsp3) is 0.190. The summed E-state index contributed by atoms with van der Waals surface area (Å²) in [6, 6.07) is 10.6. The molecule has 0 bridgehead atoms. The second kappa shape index (κ2) is 10.4. The van der Waals surface area contributed by atoms with Crippen LogP contribution >= 0.6 is 11.6 Å². The SMILES string of the molecule is CCOC(=O)c1cccc(NC(=O)[C@H](Cn2ccnc2)NS(=O)(=O)c2ccc(Cl)cc2)c1. The monoisotopic (exact) mass is 476 g/mol. The fourth-order valence-corrected chi connectivity index (χ4v) is 4.13. The molecule has 1 heterocycles. The van der Waals surface area contributed by atoms with E-state index in [1.54, 1.807) is 35.9 Å². The van der Waals surface area contributed by atoms with Crippen molar-refractivity contribution in [1.29, 1.82) is 0 Å². The zero-order valence-electron chi connectivity index (χ0n) is 17.1. The van der Waals surface area contributed by atoms with E-state index in [-0.39, 0.29) is 23.6 Å². The maximum atomic E-state index is 13.0. The predicted octanol–water partition coefficient (Wildman–Crippen LogP) is 2.70. The van der Waals surface area contributed by atoms with Crippen LogP contribution < -0.4 is 10.0 Å². The Morgan fingerprint density at radius 3 is 2.59 bits per heavy atom. The molecule has 1 aromatic heterocycles. The van der Waals surface area contributed by atoms with Crippen LogP contribution in [0.25, 0.3) is 0 Å². The van der Waals surface area contributed by atoms with Crippen molar-refractivity contribution in [3.05, 3.63) is 77.8 Å². The quantitative estimate of drug-likeness (QED) is 0.458. The summed E-state index contributed by atoms with van der Waals surface area (Å²) in [6.45, 7) is 1.90. The van der Waals surface area contributed by atoms with Gasteiger partial charge in [-0.1, -0.05) is 17.7 Å². The van der Waals surface area contributed by atoms with Gasteiger partial charge in [0.25, 0.3) is 0 Å². The minimum Gasteiger partial charge on any atom is -0.462 e. The Labute approximate surface area is 190 Å². The van der Waals surface area contributed by atoms with Crippen LogP contribution in [-0.2, 0) is 26.1 Å². The molecule has 32 heavy (non-hydrogen) atoms. The van der Waals surface area contributed by atoms with Crippen LogP contribution in [0, 0.1) is 0 Å². The number of imidazole rings is 1. The van der Waals surface area contributed by atoms with Crippen molar-refractivity contribution in [3.63, 3.8) is 0 Å². The van der Waals surface area contributed by atoms with Gasteiger partial charge in [-0.25, -0.2) is 18.2 Å². The van der Waals surface area contributed by atoms with Crippen molar-refractivity contribution in [2.45, 2.75) is 24.4 Å². The lowest BCUT2D eigenvalue weighted by Crippen LogP contribution is -2.46. The first-order valence-electron chi connectivity index (χ1n) is 9.60. The average molecular weight is 477 g/mol. The van der Waals surface area contributed by atoms with E-state index in [2.05, 4.69) is 15.0 Å². The molecule has 9 nitrogen and oxygen atoms in total. The summed E-state index contributed by atoms with van der Waals surface area (Å²) in [4.78, 5) is 28.8. The number of anilines is 1. The molecule has 3 rings (SSSR count). The molecule has 11 heteroatoms. The minimum atomic E-state index is -4.02. The Hall–Kier alpha value is -3.21. The van der Waals surface area contributed by atoms with Crippen molar-refractivity contribution in [2.24, 2.45) is 0 Å². The fourth-order valence-electron chi connectivity index (χ4n) is 2.82. The lowest BCUT2D eigenvalue weighted by molar-refractivity contribution is -0.118. The van der Waals surface area contributed by atoms with Gasteiger partial charge in [-0.15, -0.1) is 0 Å². The second-order valence-corrected chi connectivity index (χ2v) is 8.83. The summed E-state index contributed by atoms with van der Waals surface area (Å²) < 4.78 is 34.6. The van der Waals surface area contributed by atoms with E-state index >= 15 is 0 Å². The van der Waals surface area contributed by atoms with Gasteiger partial charge in [0.1, 0.15) is 6.04 Å². The van der Waals surface area contributed by atoms with Crippen LogP contribution in [0.1, 0.15) is 17.3 Å². The molecule has 0 fully saturated rings. The number of ether oxygens (including phenoxy) is 1. The average Bonchev–Trinajstić information content (AvgIpc) is 3.27. The van der Waals surface area contributed by atoms with Crippen LogP contribution in [0.4, 0.5) is 5.69 Å². The Morgan fingerprint density at radius 2 is 1.94 bits per heavy atom. The number of hydrogen-bond donors (Lipinski definition) is 2. The maximum Gasteiger partial charge on any atom is 0.338 e. The van der Waals surface area contributed by atoms with Gasteiger partial charge in [-0.3, -0.25) is 4.79 Å². The van der Waals surface area contributed by atoms with Gasteiger partial charge < -0.3 is 14.6 Å². The van der Waals surface area contributed by atoms with E-state index in [0.717, 1.165) is 0 Å². The minimum absolute atomic E-state index is 0.00375. The standard InChI is InChI=1S/C21H21ClN4O5S/c1-2-31-21(28)15-4-3-5-17(12-15)24-20(27)19(13-26-11-10-23-14-26)25-32(29,30)18-8-6-16(22)7-9-18/h3-12,14,19,25H,2,13H2,1H3,(H,24,27)/t19-/m0/s1. The highest BCUT2D eigenvalue weighted by atomic mass is 35.5. The first kappa shape index (κ1) is 23.5. The molecular weight excluding hydrogens is 456 g/mol. The topological polar surface area (TPSA) is 119 Å². The number of halogens is 1. The Balaban J connectivity index is 1.82. The van der Waals surface area contributed by atoms with Gasteiger partial charge in [0.15, 0.2) is 0 Å². The summed E-state index contributed by atoms with van der Waals surface area (Å²) in [5, 5.41) is 3.03. The number of carbonyl (C=O) groups is 2. The van der Waals surface area contributed by atoms with E-state index in [1.165, 1.54) is 42.9 Å². The number of aromatic nitrogens is 2. The molecule has 168 valence electrons. The smallest absolute Gasteiger partial charge is 0.338 e. The molecule has 0 radical (unpaired) electrons. The molecule has 0 saturated carbocycles. The van der Waals surface area contributed by atoms with Gasteiger partial charge >= 0.3 is 5.97 Å². The third-order valence-electron chi connectivity index (χ3n) is 4.33. The molecule has 1 amide bonds. The van der Waals surface area contributed by atoms with E-state index in [0.29, 0.717) is 10.7 Å². The van der Waals surface area contributed by atoms with E-state index < -0.39 is 27.9 Å². The summed E-state index contributed by atoms with van der Waals surface area (Å²) in [7, 11) is -4.02. The van der Waals surface area contributed by atoms with Crippen molar-refractivity contribution in [1.82, 2.24) is 14.3 Å². The largest absolute Gasteiger partial charge is 0.462 e. The molecule has 0 saturated heterocycles. The Morgan fingerprint density at radius 1 is 1.19 bits per heavy atom. The van der Waals surface area contributed by atoms with Crippen LogP contribution in [0.5, 0.6) is 0 Å². The summed E-state index contributed by atoms with van der Waals surface area (Å²) in [6.07, 6.45) is 4.60. The first-order valence-corrected chi connectivity index (χ1v) is 11.5. The Bertz CT molecular complexity index is 1180. The van der Waals surface area contributed by atoms with E-state index in [9.17, 15) is 18.0 Å². The number of nitrogens with one attached hydrogen (secondary N) is 2. The maximum absolute atomic E-state index is 13.0. The number of esters is 1. The van der Waals surface area contributed by atoms with Gasteiger partial charge in [-0.05, 0) is 49.4 Å². The molecule has 0 aliphatic rings. The highest BCUT2D eigenvalue weighted by Crippen LogP contribution is 2.16. The van der Waals surface area contributed by atoms with Crippen molar-refractivity contribution < 1.29 is 22.7 Å². The zero-order valence-corrected chi connectivity index (χ0v) is 18.6. The summed E-state index contributed by atoms with van der Waals surface area (Å²) in [5.41, 5.74) is 0.583. The van der Waals surface area contributed by atoms with Crippen LogP contribution in [0.2, 0.25) is 5.02 Å². The number of amides is 1. The van der Waals surface area contributed by atoms with Crippen molar-refractivity contribution in [3.8, 4) is 0 Å². The van der Waals surface area contributed by atoms with Crippen molar-refractivity contribution in [2.75, 3.05) is 11.9 Å². The van der Waals surface area contributed by atoms with Crippen LogP contribution in [0.15, 0.2) is 72.1 Å². The number of hydrogen-bond acceptors (Lipinski definition) is 6. The van der Waals surface area contributed by atoms with Crippen molar-refractivity contribution >= 4 is 39.2 Å². The number of nitrogens with zero attached hydrogens (tertiary/aromatic N) is 2. The lowest BCUT2D eigenvalue weighted by Gasteiger charge is -2.19. The zero-order chi connectivity index (χ0) is 23.1. The highest BCUT2D eigenvalue weighted by Gasteiger charge is 2.26. The van der Waals surface area contributed by atoms with Gasteiger partial charge in [0.05, 0.1) is 23.4 Å². The van der Waals surface area contributed by atoms with Gasteiger partial charge in [0, 0.05) is 29.6 Å². The van der Waals surface area contributed by atoms with Gasteiger partial charge in [0.2, 0.25) is 15.9 Å². The molecule has 0 aliphatic carbocycles. The molecule has 0 spiro atoms. The van der Waals surface area contributed by atoms with Crippen LogP contribution in [-0.4, -0.2) is 42.5 Å². The van der Waals surface area contributed by atoms with Crippen LogP contribution in [0.3, 0.4) is 0 Å². The third-order valence-corrected chi connectivity index (χ3v) is 6.07. The summed E-state index contributed by atoms with van der Waals surface area (Å²) >= 11 is 5.84. The number of rotatable bonds is 9. The number of carbonyl (C=O) groups excluding carboxylic acids is 2. The lowest BCUT2D eigenvalue weighted by atomic mass is 10.2. The molecule has 2 N–H and O–H groups in total. The molecule has 0 aliphatic heterocycles. The number of benzene rings is 2. The third kappa shape index (κ3) is 6.16. The second-order valence-electron chi connectivity index (χ2n) is 6.68. The Kier molecular flexibility index (Phi) is 7.62. The highest BCUT2D eigenvalue weighted by molar-refractivity contribution is 7.89. The van der Waals surface area contributed by atoms with E-state index in [1.807, 2.05) is 0 Å². The van der Waals surface area contributed by atoms with E-state index in [4.69, 9.17) is 16.3 Å². The molecule has 0 unspecified atom stereocenters. The predicted molar refractivity (Wildman–Crippen MR) is 119 cm³/mol. The van der Waals surface area contributed by atoms with Gasteiger partial charge in [-0.2, -0.15) is 4.72 Å². The molecule has 3 aromatic rings. The number of sulfonamides is 1. The molecule has 2 aromatic carbocycles. The summed E-state index contributed by atoms with van der Waals surface area (Å²) in [5.74, 6) is -1.14. The normalized spacial score (nSPS) is 12.2. The molecular formula is C21H21ClN4O5S. The molecule has 1 atom stereocenters.